The van der Waals surface area contributed by atoms with Crippen LogP contribution in [0.5, 0.6) is 0 Å². The minimum atomic E-state index is 0.0990. The highest BCUT2D eigenvalue weighted by molar-refractivity contribution is 7.11. The van der Waals surface area contributed by atoms with Crippen LogP contribution in [0.3, 0.4) is 0 Å². The van der Waals surface area contributed by atoms with E-state index in [0.29, 0.717) is 6.54 Å². The van der Waals surface area contributed by atoms with Gasteiger partial charge in [0.15, 0.2) is 0 Å². The van der Waals surface area contributed by atoms with Crippen molar-refractivity contribution >= 4 is 17.2 Å². The van der Waals surface area contributed by atoms with Crippen LogP contribution in [0.4, 0.5) is 0 Å². The molecule has 1 amide bonds. The Kier molecular flexibility index (Phi) is 4.79. The molecule has 1 atom stereocenters. The molecule has 26 heavy (non-hydrogen) atoms. The highest BCUT2D eigenvalue weighted by atomic mass is 32.1. The summed E-state index contributed by atoms with van der Waals surface area (Å²) in [7, 11) is 0. The van der Waals surface area contributed by atoms with Crippen molar-refractivity contribution in [1.29, 1.82) is 0 Å². The second-order valence-corrected chi connectivity index (χ2v) is 7.48. The van der Waals surface area contributed by atoms with Crippen LogP contribution in [0.2, 0.25) is 0 Å². The first-order valence-corrected chi connectivity index (χ1v) is 9.69. The van der Waals surface area contributed by atoms with Gasteiger partial charge in [-0.15, -0.1) is 11.3 Å². The first kappa shape index (κ1) is 16.9. The zero-order chi connectivity index (χ0) is 17.9. The zero-order valence-electron chi connectivity index (χ0n) is 14.7. The number of amides is 1. The first-order valence-electron chi connectivity index (χ1n) is 8.81. The predicted octanol–water partition coefficient (Wildman–Crippen LogP) is 3.11. The van der Waals surface area contributed by atoms with Gasteiger partial charge in [0.2, 0.25) is 0 Å². The topological polar surface area (TPSA) is 63.9 Å². The maximum absolute atomic E-state index is 12.8. The Labute approximate surface area is 156 Å². The van der Waals surface area contributed by atoms with Crippen LogP contribution in [0, 0.1) is 6.92 Å². The minimum Gasteiger partial charge on any atom is -0.337 e. The molecular formula is C19H21N5OS. The molecule has 4 rings (SSSR count). The highest BCUT2D eigenvalue weighted by Crippen LogP contribution is 2.28. The fourth-order valence-corrected chi connectivity index (χ4v) is 4.29. The van der Waals surface area contributed by atoms with Gasteiger partial charge in [0.05, 0.1) is 11.2 Å². The SMILES string of the molecule is Cc1ncsc1C(=O)N1CCCC(c2nccn2Cc2ccncc2)C1. The second kappa shape index (κ2) is 7.37. The number of likely N-dealkylation sites (tertiary alicyclic amines) is 1. The van der Waals surface area contributed by atoms with Crippen LogP contribution >= 0.6 is 11.3 Å². The van der Waals surface area contributed by atoms with Crippen LogP contribution in [0.1, 0.15) is 45.5 Å². The van der Waals surface area contributed by atoms with Crippen molar-refractivity contribution in [3.05, 3.63) is 64.4 Å². The van der Waals surface area contributed by atoms with E-state index in [4.69, 9.17) is 0 Å². The maximum atomic E-state index is 12.8. The number of imidazole rings is 1. The summed E-state index contributed by atoms with van der Waals surface area (Å²) in [5, 5.41) is 0. The number of aromatic nitrogens is 4. The Morgan fingerprint density at radius 3 is 2.88 bits per heavy atom. The number of hydrogen-bond acceptors (Lipinski definition) is 5. The van der Waals surface area contributed by atoms with Crippen LogP contribution in [-0.2, 0) is 6.54 Å². The molecule has 4 heterocycles. The number of thiazole rings is 1. The molecule has 3 aromatic rings. The molecule has 1 aliphatic heterocycles. The summed E-state index contributed by atoms with van der Waals surface area (Å²) in [6.07, 6.45) is 9.54. The number of pyridine rings is 1. The second-order valence-electron chi connectivity index (χ2n) is 6.63. The third kappa shape index (κ3) is 3.39. The number of rotatable bonds is 4. The van der Waals surface area contributed by atoms with Crippen molar-refractivity contribution in [2.75, 3.05) is 13.1 Å². The molecule has 1 aliphatic rings. The normalized spacial score (nSPS) is 17.4. The molecule has 0 saturated carbocycles. The monoisotopic (exact) mass is 367 g/mol. The molecule has 0 aliphatic carbocycles. The molecule has 6 nitrogen and oxygen atoms in total. The Morgan fingerprint density at radius 1 is 1.27 bits per heavy atom. The van der Waals surface area contributed by atoms with Crippen LogP contribution in [0.15, 0.2) is 42.4 Å². The van der Waals surface area contributed by atoms with Crippen molar-refractivity contribution in [2.24, 2.45) is 0 Å². The first-order chi connectivity index (χ1) is 12.7. The van der Waals surface area contributed by atoms with Crippen LogP contribution in [-0.4, -0.2) is 43.4 Å². The van der Waals surface area contributed by atoms with E-state index in [1.807, 2.05) is 48.7 Å². The van der Waals surface area contributed by atoms with E-state index < -0.39 is 0 Å². The molecule has 0 N–H and O–H groups in total. The molecule has 1 saturated heterocycles. The molecule has 7 heteroatoms. The lowest BCUT2D eigenvalue weighted by Gasteiger charge is -2.32. The summed E-state index contributed by atoms with van der Waals surface area (Å²) in [5.41, 5.74) is 3.76. The summed E-state index contributed by atoms with van der Waals surface area (Å²) < 4.78 is 2.19. The maximum Gasteiger partial charge on any atom is 0.265 e. The summed E-state index contributed by atoms with van der Waals surface area (Å²) in [6, 6.07) is 4.04. The summed E-state index contributed by atoms with van der Waals surface area (Å²) in [5.74, 6) is 1.42. The highest BCUT2D eigenvalue weighted by Gasteiger charge is 2.29. The van der Waals surface area contributed by atoms with Gasteiger partial charge in [-0.2, -0.15) is 0 Å². The molecule has 3 aromatic heterocycles. The molecule has 134 valence electrons. The zero-order valence-corrected chi connectivity index (χ0v) is 15.5. The van der Waals surface area contributed by atoms with Gasteiger partial charge in [-0.05, 0) is 37.5 Å². The number of carbonyl (C=O) groups is 1. The smallest absolute Gasteiger partial charge is 0.265 e. The number of aryl methyl sites for hydroxylation is 1. The van der Waals surface area contributed by atoms with E-state index in [1.54, 1.807) is 5.51 Å². The molecule has 0 aromatic carbocycles. The van der Waals surface area contributed by atoms with E-state index in [1.165, 1.54) is 16.9 Å². The molecule has 1 unspecified atom stereocenters. The molecular weight excluding hydrogens is 346 g/mol. The molecule has 0 bridgehead atoms. The number of piperidine rings is 1. The van der Waals surface area contributed by atoms with Crippen molar-refractivity contribution in [3.63, 3.8) is 0 Å². The van der Waals surface area contributed by atoms with Gasteiger partial charge < -0.3 is 9.47 Å². The van der Waals surface area contributed by atoms with Crippen molar-refractivity contribution < 1.29 is 4.79 Å². The largest absolute Gasteiger partial charge is 0.337 e. The summed E-state index contributed by atoms with van der Waals surface area (Å²) in [4.78, 5) is 28.4. The lowest BCUT2D eigenvalue weighted by atomic mass is 9.96. The quantitative estimate of drug-likeness (QED) is 0.711. The standard InChI is InChI=1S/C19H21N5OS/c1-14-17(26-13-22-14)19(25)24-9-2-3-16(12-24)18-21-8-10-23(18)11-15-4-6-20-7-5-15/h4-8,10,13,16H,2-3,9,11-12H2,1H3. The van der Waals surface area contributed by atoms with Gasteiger partial charge in [0.1, 0.15) is 10.7 Å². The Hall–Kier alpha value is -2.54. The minimum absolute atomic E-state index is 0.0990. The van der Waals surface area contributed by atoms with E-state index in [0.717, 1.165) is 42.3 Å². The van der Waals surface area contributed by atoms with E-state index in [2.05, 4.69) is 19.5 Å². The predicted molar refractivity (Wildman–Crippen MR) is 100 cm³/mol. The van der Waals surface area contributed by atoms with Crippen LogP contribution < -0.4 is 0 Å². The Morgan fingerprint density at radius 2 is 2.12 bits per heavy atom. The Balaban J connectivity index is 1.51. The van der Waals surface area contributed by atoms with Crippen molar-refractivity contribution in [2.45, 2.75) is 32.2 Å². The molecule has 0 radical (unpaired) electrons. The Bertz CT molecular complexity index is 888. The van der Waals surface area contributed by atoms with E-state index in [-0.39, 0.29) is 11.8 Å². The fraction of sp³-hybridized carbons (Fsp3) is 0.368. The lowest BCUT2D eigenvalue weighted by molar-refractivity contribution is 0.0707. The molecule has 1 fully saturated rings. The van der Waals surface area contributed by atoms with E-state index in [9.17, 15) is 4.79 Å². The van der Waals surface area contributed by atoms with Crippen molar-refractivity contribution in [3.8, 4) is 0 Å². The third-order valence-electron chi connectivity index (χ3n) is 4.86. The van der Waals surface area contributed by atoms with Gasteiger partial charge in [-0.25, -0.2) is 9.97 Å². The summed E-state index contributed by atoms with van der Waals surface area (Å²) in [6.45, 7) is 4.18. The van der Waals surface area contributed by atoms with Crippen molar-refractivity contribution in [1.82, 2.24) is 24.4 Å². The van der Waals surface area contributed by atoms with Crippen LogP contribution in [0.25, 0.3) is 0 Å². The average molecular weight is 367 g/mol. The number of hydrogen-bond donors (Lipinski definition) is 0. The molecule has 0 spiro atoms. The van der Waals surface area contributed by atoms with Gasteiger partial charge in [0.25, 0.3) is 5.91 Å². The van der Waals surface area contributed by atoms with Gasteiger partial charge in [-0.3, -0.25) is 9.78 Å². The fourth-order valence-electron chi connectivity index (χ4n) is 3.52. The average Bonchev–Trinajstić information content (AvgIpc) is 3.31. The number of carbonyl (C=O) groups excluding carboxylic acids is 1. The van der Waals surface area contributed by atoms with Gasteiger partial charge >= 0.3 is 0 Å². The summed E-state index contributed by atoms with van der Waals surface area (Å²) >= 11 is 1.43. The van der Waals surface area contributed by atoms with Gasteiger partial charge in [0, 0.05) is 50.3 Å². The van der Waals surface area contributed by atoms with Gasteiger partial charge in [-0.1, -0.05) is 0 Å². The van der Waals surface area contributed by atoms with E-state index >= 15 is 0 Å². The third-order valence-corrected chi connectivity index (χ3v) is 5.78. The number of nitrogens with zero attached hydrogens (tertiary/aromatic N) is 5. The lowest BCUT2D eigenvalue weighted by Crippen LogP contribution is -2.39.